The number of aldehydes is 1. The minimum Gasteiger partial charge on any atom is -0.507 e. The van der Waals surface area contributed by atoms with Crippen LogP contribution in [0.1, 0.15) is 10.4 Å². The molecule has 0 unspecified atom stereocenters. The van der Waals surface area contributed by atoms with E-state index in [2.05, 4.69) is 22.4 Å². The van der Waals surface area contributed by atoms with Crippen LogP contribution in [0.4, 0.5) is 5.69 Å². The van der Waals surface area contributed by atoms with Crippen LogP contribution in [0.2, 0.25) is 0 Å². The highest BCUT2D eigenvalue weighted by molar-refractivity contribution is 7.78. The van der Waals surface area contributed by atoms with Crippen LogP contribution in [0.15, 0.2) is 23.2 Å². The predicted octanol–water partition coefficient (Wildman–Crippen LogP) is 1.94. The molecule has 4 heteroatoms. The number of phenols is 1. The summed E-state index contributed by atoms with van der Waals surface area (Å²) in [5.41, 5.74) is 0.714. The van der Waals surface area contributed by atoms with Gasteiger partial charge in [-0.1, -0.05) is 0 Å². The molecule has 0 aromatic heterocycles. The lowest BCUT2D eigenvalue weighted by molar-refractivity contribution is 0.112. The molecule has 1 aromatic rings. The number of carbonyl (C=O) groups excluding carboxylic acids is 1. The van der Waals surface area contributed by atoms with Crippen LogP contribution >= 0.6 is 12.2 Å². The maximum atomic E-state index is 10.3. The van der Waals surface area contributed by atoms with Gasteiger partial charge in [0.05, 0.1) is 16.4 Å². The Bertz CT molecular complexity index is 356. The number of isothiocyanates is 1. The summed E-state index contributed by atoms with van der Waals surface area (Å²) in [7, 11) is 0. The van der Waals surface area contributed by atoms with Gasteiger partial charge in [-0.3, -0.25) is 4.79 Å². The fourth-order valence-corrected chi connectivity index (χ4v) is 0.859. The summed E-state index contributed by atoms with van der Waals surface area (Å²) in [5, 5.41) is 11.3. The highest BCUT2D eigenvalue weighted by Gasteiger charge is 1.99. The Morgan fingerprint density at radius 2 is 2.33 bits per heavy atom. The van der Waals surface area contributed by atoms with Crippen molar-refractivity contribution >= 4 is 29.4 Å². The molecule has 0 aliphatic carbocycles. The number of phenolic OH excluding ortho intramolecular Hbond substituents is 1. The molecule has 0 amide bonds. The maximum Gasteiger partial charge on any atom is 0.153 e. The fraction of sp³-hybridized carbons (Fsp3) is 0. The second kappa shape index (κ2) is 3.76. The molecule has 60 valence electrons. The van der Waals surface area contributed by atoms with Gasteiger partial charge in [0.25, 0.3) is 0 Å². The monoisotopic (exact) mass is 179 g/mol. The Balaban J connectivity index is 3.17. The normalized spacial score (nSPS) is 8.67. The zero-order valence-electron chi connectivity index (χ0n) is 6.02. The molecule has 0 bridgehead atoms. The second-order valence-corrected chi connectivity index (χ2v) is 2.25. The average molecular weight is 179 g/mol. The molecular formula is C8H5NO2S. The van der Waals surface area contributed by atoms with Gasteiger partial charge in [0.2, 0.25) is 0 Å². The Kier molecular flexibility index (Phi) is 2.69. The lowest BCUT2D eigenvalue weighted by Gasteiger charge is -1.96. The number of aromatic hydroxyl groups is 1. The van der Waals surface area contributed by atoms with Crippen molar-refractivity contribution in [1.29, 1.82) is 0 Å². The van der Waals surface area contributed by atoms with Crippen molar-refractivity contribution in [1.82, 2.24) is 0 Å². The van der Waals surface area contributed by atoms with E-state index in [1.54, 1.807) is 6.07 Å². The molecule has 0 aliphatic rings. The predicted molar refractivity (Wildman–Crippen MR) is 48.2 cm³/mol. The summed E-state index contributed by atoms with van der Waals surface area (Å²) in [6.45, 7) is 0. The largest absolute Gasteiger partial charge is 0.507 e. The highest BCUT2D eigenvalue weighted by atomic mass is 32.1. The smallest absolute Gasteiger partial charge is 0.153 e. The topological polar surface area (TPSA) is 49.7 Å². The molecule has 1 aromatic carbocycles. The van der Waals surface area contributed by atoms with Crippen molar-refractivity contribution in [2.45, 2.75) is 0 Å². The summed E-state index contributed by atoms with van der Waals surface area (Å²) >= 11 is 4.37. The zero-order chi connectivity index (χ0) is 8.97. The summed E-state index contributed by atoms with van der Waals surface area (Å²) in [6.07, 6.45) is 0.570. The Morgan fingerprint density at radius 1 is 1.58 bits per heavy atom. The molecule has 0 radical (unpaired) electrons. The number of aliphatic imine (C=N–C) groups is 1. The van der Waals surface area contributed by atoms with Crippen molar-refractivity contribution in [2.75, 3.05) is 0 Å². The summed E-state index contributed by atoms with van der Waals surface area (Å²) in [5.74, 6) is -0.100. The fourth-order valence-electron chi connectivity index (χ4n) is 0.754. The van der Waals surface area contributed by atoms with E-state index in [-0.39, 0.29) is 11.3 Å². The lowest BCUT2D eigenvalue weighted by Crippen LogP contribution is -1.78. The Morgan fingerprint density at radius 3 is 2.83 bits per heavy atom. The van der Waals surface area contributed by atoms with E-state index in [1.165, 1.54) is 12.1 Å². The van der Waals surface area contributed by atoms with E-state index < -0.39 is 0 Å². The van der Waals surface area contributed by atoms with E-state index >= 15 is 0 Å². The third-order valence-corrected chi connectivity index (χ3v) is 1.41. The van der Waals surface area contributed by atoms with Crippen molar-refractivity contribution in [3.05, 3.63) is 23.8 Å². The summed E-state index contributed by atoms with van der Waals surface area (Å²) < 4.78 is 0. The van der Waals surface area contributed by atoms with Crippen molar-refractivity contribution in [3.63, 3.8) is 0 Å². The second-order valence-electron chi connectivity index (χ2n) is 2.06. The number of nitrogens with zero attached hydrogens (tertiary/aromatic N) is 1. The van der Waals surface area contributed by atoms with Crippen molar-refractivity contribution in [3.8, 4) is 5.75 Å². The minimum atomic E-state index is -0.100. The number of carbonyl (C=O) groups is 1. The van der Waals surface area contributed by atoms with E-state index in [9.17, 15) is 4.79 Å². The van der Waals surface area contributed by atoms with Crippen molar-refractivity contribution < 1.29 is 9.90 Å². The molecule has 3 nitrogen and oxygen atoms in total. The van der Waals surface area contributed by atoms with E-state index in [4.69, 9.17) is 5.11 Å². The number of thiocarbonyl (C=S) groups is 1. The Hall–Kier alpha value is -1.51. The van der Waals surface area contributed by atoms with E-state index in [0.29, 0.717) is 12.0 Å². The van der Waals surface area contributed by atoms with Gasteiger partial charge in [-0.25, -0.2) is 0 Å². The number of hydrogen-bond acceptors (Lipinski definition) is 4. The van der Waals surface area contributed by atoms with Gasteiger partial charge < -0.3 is 5.11 Å². The molecule has 12 heavy (non-hydrogen) atoms. The van der Waals surface area contributed by atoms with E-state index in [0.717, 1.165) is 0 Å². The number of benzene rings is 1. The van der Waals surface area contributed by atoms with Crippen molar-refractivity contribution in [2.24, 2.45) is 4.99 Å². The highest BCUT2D eigenvalue weighted by Crippen LogP contribution is 2.21. The first-order chi connectivity index (χ1) is 5.77. The first kappa shape index (κ1) is 8.59. The van der Waals surface area contributed by atoms with Gasteiger partial charge in [-0.05, 0) is 24.4 Å². The quantitative estimate of drug-likeness (QED) is 0.428. The van der Waals surface area contributed by atoms with Gasteiger partial charge in [0.15, 0.2) is 6.29 Å². The maximum absolute atomic E-state index is 10.3. The molecule has 0 heterocycles. The van der Waals surface area contributed by atoms with Crippen LogP contribution in [0, 0.1) is 0 Å². The van der Waals surface area contributed by atoms with Crippen LogP contribution in [0.25, 0.3) is 0 Å². The van der Waals surface area contributed by atoms with Gasteiger partial charge in [-0.2, -0.15) is 4.99 Å². The summed E-state index contributed by atoms with van der Waals surface area (Å²) in [6, 6.07) is 4.39. The summed E-state index contributed by atoms with van der Waals surface area (Å²) in [4.78, 5) is 13.9. The SMILES string of the molecule is O=Cc1ccc(N=C=S)cc1O. The van der Waals surface area contributed by atoms with Crippen LogP contribution in [0.3, 0.4) is 0 Å². The van der Waals surface area contributed by atoms with Gasteiger partial charge in [0.1, 0.15) is 5.75 Å². The minimum absolute atomic E-state index is 0.100. The van der Waals surface area contributed by atoms with Crippen LogP contribution in [0.5, 0.6) is 5.75 Å². The standard InChI is InChI=1S/C8H5NO2S/c10-4-6-1-2-7(9-5-12)3-8(6)11/h1-4,11H. The number of rotatable bonds is 2. The molecule has 1 rings (SSSR count). The molecular weight excluding hydrogens is 174 g/mol. The first-order valence-corrected chi connectivity index (χ1v) is 3.55. The van der Waals surface area contributed by atoms with Crippen LogP contribution in [-0.2, 0) is 0 Å². The molecule has 1 N–H and O–H groups in total. The molecule has 0 aliphatic heterocycles. The zero-order valence-corrected chi connectivity index (χ0v) is 6.84. The molecule has 0 saturated heterocycles. The van der Waals surface area contributed by atoms with E-state index in [1.807, 2.05) is 0 Å². The Labute approximate surface area is 74.4 Å². The number of hydrogen-bond donors (Lipinski definition) is 1. The van der Waals surface area contributed by atoms with Crippen LogP contribution < -0.4 is 0 Å². The third-order valence-electron chi connectivity index (χ3n) is 1.32. The average Bonchev–Trinajstić information content (AvgIpc) is 2.05. The molecule has 0 fully saturated rings. The van der Waals surface area contributed by atoms with Gasteiger partial charge in [0, 0.05) is 6.07 Å². The van der Waals surface area contributed by atoms with Crippen LogP contribution in [-0.4, -0.2) is 16.6 Å². The molecule has 0 spiro atoms. The molecule has 0 atom stereocenters. The first-order valence-electron chi connectivity index (χ1n) is 3.14. The third kappa shape index (κ3) is 1.75. The molecule has 0 saturated carbocycles. The van der Waals surface area contributed by atoms with Gasteiger partial charge >= 0.3 is 0 Å². The van der Waals surface area contributed by atoms with Gasteiger partial charge in [-0.15, -0.1) is 0 Å². The lowest BCUT2D eigenvalue weighted by atomic mass is 10.2.